The predicted octanol–water partition coefficient (Wildman–Crippen LogP) is 3.27. The highest BCUT2D eigenvalue weighted by atomic mass is 35.5. The van der Waals surface area contributed by atoms with Crippen LogP contribution in [0.25, 0.3) is 0 Å². The first-order valence-corrected chi connectivity index (χ1v) is 5.99. The third kappa shape index (κ3) is 3.69. The summed E-state index contributed by atoms with van der Waals surface area (Å²) >= 11 is 6.10. The van der Waals surface area contributed by atoms with Crippen molar-refractivity contribution < 1.29 is 4.74 Å². The van der Waals surface area contributed by atoms with Crippen LogP contribution < -0.4 is 10.1 Å². The summed E-state index contributed by atoms with van der Waals surface area (Å²) in [5.74, 6) is 1.22. The van der Waals surface area contributed by atoms with Crippen LogP contribution in [-0.2, 0) is 0 Å². The van der Waals surface area contributed by atoms with Crippen molar-refractivity contribution in [2.45, 2.75) is 26.9 Å². The molecule has 3 heteroatoms. The topological polar surface area (TPSA) is 21.3 Å². The molecule has 0 spiro atoms. The Hall–Kier alpha value is -0.730. The van der Waals surface area contributed by atoms with Gasteiger partial charge in [-0.25, -0.2) is 0 Å². The van der Waals surface area contributed by atoms with Gasteiger partial charge in [0.05, 0.1) is 5.02 Å². The van der Waals surface area contributed by atoms with Crippen molar-refractivity contribution in [1.29, 1.82) is 0 Å². The molecule has 90 valence electrons. The fourth-order valence-electron chi connectivity index (χ4n) is 1.48. The minimum Gasteiger partial charge on any atom is -0.487 e. The minimum absolute atomic E-state index is 0.143. The zero-order valence-electron chi connectivity index (χ0n) is 10.4. The normalized spacial score (nSPS) is 12.9. The summed E-state index contributed by atoms with van der Waals surface area (Å²) in [6.07, 6.45) is 0.143. The van der Waals surface area contributed by atoms with Crippen LogP contribution in [0.2, 0.25) is 5.02 Å². The number of hydrogen-bond donors (Lipinski definition) is 1. The molecule has 1 unspecified atom stereocenters. The van der Waals surface area contributed by atoms with Crippen LogP contribution >= 0.6 is 11.6 Å². The van der Waals surface area contributed by atoms with Crippen molar-refractivity contribution in [3.05, 3.63) is 28.8 Å². The lowest BCUT2D eigenvalue weighted by Crippen LogP contribution is -2.33. The number of benzene rings is 1. The van der Waals surface area contributed by atoms with Crippen LogP contribution in [-0.4, -0.2) is 19.7 Å². The smallest absolute Gasteiger partial charge is 0.138 e. The van der Waals surface area contributed by atoms with Crippen molar-refractivity contribution in [3.63, 3.8) is 0 Å². The Kier molecular flexibility index (Phi) is 5.10. The Labute approximate surface area is 103 Å². The molecule has 2 nitrogen and oxygen atoms in total. The molecule has 0 saturated heterocycles. The van der Waals surface area contributed by atoms with E-state index in [1.54, 1.807) is 0 Å². The van der Waals surface area contributed by atoms with Crippen LogP contribution in [0.5, 0.6) is 5.75 Å². The van der Waals surface area contributed by atoms with Crippen molar-refractivity contribution in [2.75, 3.05) is 13.6 Å². The molecule has 0 fully saturated rings. The highest BCUT2D eigenvalue weighted by Crippen LogP contribution is 2.27. The average Bonchev–Trinajstić information content (AvgIpc) is 2.22. The molecule has 0 aliphatic carbocycles. The van der Waals surface area contributed by atoms with E-state index in [9.17, 15) is 0 Å². The highest BCUT2D eigenvalue weighted by molar-refractivity contribution is 6.32. The zero-order valence-corrected chi connectivity index (χ0v) is 11.1. The van der Waals surface area contributed by atoms with E-state index >= 15 is 0 Å². The molecule has 1 aromatic rings. The number of halogens is 1. The number of likely N-dealkylation sites (N-methyl/N-ethyl adjacent to an activating group) is 1. The summed E-state index contributed by atoms with van der Waals surface area (Å²) in [6, 6.07) is 5.84. The standard InChI is InChI=1S/C13H20ClNO/c1-9(2)13(8-15-4)16-12-7-10(3)5-6-11(12)14/h5-7,9,13,15H,8H2,1-4H3. The first-order chi connectivity index (χ1) is 7.54. The van der Waals surface area contributed by atoms with Crippen LogP contribution in [0, 0.1) is 12.8 Å². The first kappa shape index (κ1) is 13.3. The third-order valence-corrected chi connectivity index (χ3v) is 2.83. The molecule has 0 aliphatic heterocycles. The molecule has 1 N–H and O–H groups in total. The number of rotatable bonds is 5. The molecular formula is C13H20ClNO. The molecule has 0 heterocycles. The second kappa shape index (κ2) is 6.12. The van der Waals surface area contributed by atoms with Crippen LogP contribution in [0.4, 0.5) is 0 Å². The second-order valence-corrected chi connectivity index (χ2v) is 4.80. The Morgan fingerprint density at radius 3 is 2.62 bits per heavy atom. The monoisotopic (exact) mass is 241 g/mol. The molecular weight excluding hydrogens is 222 g/mol. The van der Waals surface area contributed by atoms with Crippen LogP contribution in [0.1, 0.15) is 19.4 Å². The lowest BCUT2D eigenvalue weighted by molar-refractivity contribution is 0.151. The van der Waals surface area contributed by atoms with Gasteiger partial charge in [0.2, 0.25) is 0 Å². The van der Waals surface area contributed by atoms with E-state index in [-0.39, 0.29) is 6.10 Å². The summed E-state index contributed by atoms with van der Waals surface area (Å²) in [6.45, 7) is 7.14. The number of nitrogens with one attached hydrogen (secondary N) is 1. The maximum atomic E-state index is 6.10. The number of aryl methyl sites for hydroxylation is 1. The lowest BCUT2D eigenvalue weighted by Gasteiger charge is -2.23. The maximum absolute atomic E-state index is 6.10. The zero-order chi connectivity index (χ0) is 12.1. The van der Waals surface area contributed by atoms with Crippen molar-refractivity contribution in [2.24, 2.45) is 5.92 Å². The number of ether oxygens (including phenoxy) is 1. The summed E-state index contributed by atoms with van der Waals surface area (Å²) in [5, 5.41) is 3.81. The largest absolute Gasteiger partial charge is 0.487 e. The Bertz CT molecular complexity index is 339. The van der Waals surface area contributed by atoms with Gasteiger partial charge in [-0.3, -0.25) is 0 Å². The van der Waals surface area contributed by atoms with E-state index in [2.05, 4.69) is 19.2 Å². The fourth-order valence-corrected chi connectivity index (χ4v) is 1.64. The van der Waals surface area contributed by atoms with E-state index < -0.39 is 0 Å². The van der Waals surface area contributed by atoms with E-state index in [1.807, 2.05) is 32.2 Å². The molecule has 0 radical (unpaired) electrons. The van der Waals surface area contributed by atoms with Crippen molar-refractivity contribution in [1.82, 2.24) is 5.32 Å². The number of hydrogen-bond acceptors (Lipinski definition) is 2. The van der Waals surface area contributed by atoms with Crippen molar-refractivity contribution in [3.8, 4) is 5.75 Å². The summed E-state index contributed by atoms with van der Waals surface area (Å²) < 4.78 is 5.93. The van der Waals surface area contributed by atoms with Crippen LogP contribution in [0.3, 0.4) is 0 Å². The van der Waals surface area contributed by atoms with Crippen molar-refractivity contribution >= 4 is 11.6 Å². The quantitative estimate of drug-likeness (QED) is 0.855. The van der Waals surface area contributed by atoms with E-state index in [4.69, 9.17) is 16.3 Å². The lowest BCUT2D eigenvalue weighted by atomic mass is 10.1. The molecule has 0 saturated carbocycles. The second-order valence-electron chi connectivity index (χ2n) is 4.39. The molecule has 1 rings (SSSR count). The Morgan fingerprint density at radius 2 is 2.06 bits per heavy atom. The van der Waals surface area contributed by atoms with Gasteiger partial charge in [-0.1, -0.05) is 31.5 Å². The molecule has 0 bridgehead atoms. The minimum atomic E-state index is 0.143. The summed E-state index contributed by atoms with van der Waals surface area (Å²) in [4.78, 5) is 0. The molecule has 0 aromatic heterocycles. The van der Waals surface area contributed by atoms with E-state index in [0.717, 1.165) is 17.9 Å². The van der Waals surface area contributed by atoms with Crippen LogP contribution in [0.15, 0.2) is 18.2 Å². The molecule has 0 aliphatic rings. The van der Waals surface area contributed by atoms with Gasteiger partial charge < -0.3 is 10.1 Å². The fraction of sp³-hybridized carbons (Fsp3) is 0.538. The molecule has 16 heavy (non-hydrogen) atoms. The molecule has 0 amide bonds. The van der Waals surface area contributed by atoms with Gasteiger partial charge in [-0.15, -0.1) is 0 Å². The maximum Gasteiger partial charge on any atom is 0.138 e. The van der Waals surface area contributed by atoms with Gasteiger partial charge in [0.1, 0.15) is 11.9 Å². The summed E-state index contributed by atoms with van der Waals surface area (Å²) in [5.41, 5.74) is 1.16. The van der Waals surface area contributed by atoms with Gasteiger partial charge >= 0.3 is 0 Å². The average molecular weight is 242 g/mol. The predicted molar refractivity (Wildman–Crippen MR) is 69.4 cm³/mol. The van der Waals surface area contributed by atoms with Gasteiger partial charge in [0.15, 0.2) is 0 Å². The van der Waals surface area contributed by atoms with E-state index in [0.29, 0.717) is 10.9 Å². The molecule has 1 aromatic carbocycles. The Balaban J connectivity index is 2.80. The summed E-state index contributed by atoms with van der Waals surface area (Å²) in [7, 11) is 1.93. The highest BCUT2D eigenvalue weighted by Gasteiger charge is 2.15. The van der Waals surface area contributed by atoms with E-state index in [1.165, 1.54) is 0 Å². The molecule has 1 atom stereocenters. The van der Waals surface area contributed by atoms with Gasteiger partial charge in [-0.05, 0) is 37.6 Å². The Morgan fingerprint density at radius 1 is 1.38 bits per heavy atom. The third-order valence-electron chi connectivity index (χ3n) is 2.51. The SMILES string of the molecule is CNCC(Oc1cc(C)ccc1Cl)C(C)C. The first-order valence-electron chi connectivity index (χ1n) is 5.62. The van der Waals surface area contributed by atoms with Gasteiger partial charge in [0, 0.05) is 6.54 Å². The van der Waals surface area contributed by atoms with Gasteiger partial charge in [-0.2, -0.15) is 0 Å². The van der Waals surface area contributed by atoms with Gasteiger partial charge in [0.25, 0.3) is 0 Å².